The molecule has 1 N–H and O–H groups in total. The molecule has 2 aromatic rings. The van der Waals surface area contributed by atoms with Crippen molar-refractivity contribution in [1.82, 2.24) is 9.62 Å². The van der Waals surface area contributed by atoms with Gasteiger partial charge in [-0.2, -0.15) is 0 Å². The third-order valence-electron chi connectivity index (χ3n) is 4.86. The number of amides is 1. The van der Waals surface area contributed by atoms with Crippen molar-refractivity contribution in [3.8, 4) is 0 Å². The Morgan fingerprint density at radius 2 is 1.69 bits per heavy atom. The molecule has 1 fully saturated rings. The summed E-state index contributed by atoms with van der Waals surface area (Å²) in [7, 11) is -6.73. The largest absolute Gasteiger partial charge is 0.348 e. The van der Waals surface area contributed by atoms with Gasteiger partial charge in [-0.05, 0) is 42.7 Å². The van der Waals surface area contributed by atoms with Crippen LogP contribution in [0, 0.1) is 0 Å². The van der Waals surface area contributed by atoms with Crippen molar-refractivity contribution < 1.29 is 21.6 Å². The molecule has 0 bridgehead atoms. The molecule has 1 amide bonds. The zero-order valence-corrected chi connectivity index (χ0v) is 17.7. The summed E-state index contributed by atoms with van der Waals surface area (Å²) in [5.41, 5.74) is 0.994. The molecule has 7 nitrogen and oxygen atoms in total. The molecule has 0 aromatic heterocycles. The highest BCUT2D eigenvalue weighted by Gasteiger charge is 2.27. The molecule has 29 heavy (non-hydrogen) atoms. The van der Waals surface area contributed by atoms with Gasteiger partial charge in [0.25, 0.3) is 5.91 Å². The van der Waals surface area contributed by atoms with Crippen LogP contribution in [-0.4, -0.2) is 52.4 Å². The summed E-state index contributed by atoms with van der Waals surface area (Å²) in [5, 5.41) is 2.87. The van der Waals surface area contributed by atoms with Gasteiger partial charge in [-0.25, -0.2) is 21.1 Å². The Balaban J connectivity index is 1.63. The minimum atomic E-state index is -3.45. The lowest BCUT2D eigenvalue weighted by Crippen LogP contribution is -2.49. The van der Waals surface area contributed by atoms with Gasteiger partial charge in [-0.3, -0.25) is 4.79 Å². The van der Waals surface area contributed by atoms with Crippen LogP contribution in [0.25, 0.3) is 0 Å². The van der Waals surface area contributed by atoms with E-state index in [4.69, 9.17) is 0 Å². The van der Waals surface area contributed by atoms with Crippen LogP contribution < -0.4 is 5.32 Å². The van der Waals surface area contributed by atoms with Crippen LogP contribution in [0.3, 0.4) is 0 Å². The Labute approximate surface area is 171 Å². The molecule has 1 saturated heterocycles. The van der Waals surface area contributed by atoms with Crippen LogP contribution >= 0.6 is 0 Å². The van der Waals surface area contributed by atoms with E-state index in [1.165, 1.54) is 10.6 Å². The van der Waals surface area contributed by atoms with Crippen molar-refractivity contribution in [2.24, 2.45) is 0 Å². The number of benzene rings is 2. The lowest BCUT2D eigenvalue weighted by atomic mass is 10.1. The number of sulfonamides is 1. The maximum atomic E-state index is 12.5. The highest BCUT2D eigenvalue weighted by Crippen LogP contribution is 2.17. The summed E-state index contributed by atoms with van der Waals surface area (Å²) in [5.74, 6) is -0.451. The topological polar surface area (TPSA) is 101 Å². The average Bonchev–Trinajstić information content (AvgIpc) is 2.68. The predicted octanol–water partition coefficient (Wildman–Crippen LogP) is 1.81. The van der Waals surface area contributed by atoms with Gasteiger partial charge in [0, 0.05) is 24.7 Å². The molecule has 1 unspecified atom stereocenters. The normalized spacial score (nSPS) is 18.3. The molecular weight excluding hydrogens is 412 g/mol. The molecule has 9 heteroatoms. The second-order valence-electron chi connectivity index (χ2n) is 7.20. The van der Waals surface area contributed by atoms with E-state index in [2.05, 4.69) is 5.32 Å². The molecule has 3 rings (SSSR count). The van der Waals surface area contributed by atoms with Gasteiger partial charge in [0.05, 0.1) is 16.9 Å². The van der Waals surface area contributed by atoms with Gasteiger partial charge in [0.15, 0.2) is 9.84 Å². The number of hydrogen-bond acceptors (Lipinski definition) is 5. The van der Waals surface area contributed by atoms with Crippen molar-refractivity contribution in [3.63, 3.8) is 0 Å². The van der Waals surface area contributed by atoms with Crippen LogP contribution in [-0.2, 0) is 25.6 Å². The second kappa shape index (κ2) is 8.64. The first-order chi connectivity index (χ1) is 13.6. The minimum absolute atomic E-state index is 0.148. The predicted molar refractivity (Wildman–Crippen MR) is 111 cm³/mol. The van der Waals surface area contributed by atoms with Crippen LogP contribution in [0.2, 0.25) is 0 Å². The van der Waals surface area contributed by atoms with Gasteiger partial charge < -0.3 is 5.32 Å². The summed E-state index contributed by atoms with van der Waals surface area (Å²) in [6.07, 6.45) is 2.57. The van der Waals surface area contributed by atoms with Gasteiger partial charge in [0.1, 0.15) is 0 Å². The highest BCUT2D eigenvalue weighted by molar-refractivity contribution is 7.90. The van der Waals surface area contributed by atoms with Crippen LogP contribution in [0.5, 0.6) is 0 Å². The van der Waals surface area contributed by atoms with E-state index < -0.39 is 19.9 Å². The lowest BCUT2D eigenvalue weighted by Gasteiger charge is -2.31. The fourth-order valence-electron chi connectivity index (χ4n) is 3.31. The van der Waals surface area contributed by atoms with E-state index in [1.807, 2.05) is 0 Å². The number of hydrogen-bond donors (Lipinski definition) is 1. The molecule has 1 heterocycles. The van der Waals surface area contributed by atoms with Crippen molar-refractivity contribution in [2.45, 2.75) is 29.5 Å². The third kappa shape index (κ3) is 5.65. The van der Waals surface area contributed by atoms with E-state index in [9.17, 15) is 21.6 Å². The quantitative estimate of drug-likeness (QED) is 0.744. The number of sulfone groups is 1. The van der Waals surface area contributed by atoms with Crippen LogP contribution in [0.1, 0.15) is 28.8 Å². The summed E-state index contributed by atoms with van der Waals surface area (Å²) in [6.45, 7) is 0.730. The Kier molecular flexibility index (Phi) is 6.40. The molecule has 2 aromatic carbocycles. The maximum Gasteiger partial charge on any atom is 0.251 e. The Hall–Kier alpha value is -2.23. The first-order valence-electron chi connectivity index (χ1n) is 9.28. The SMILES string of the molecule is CS(=O)(=O)N1CCCC(NC(=O)c2ccc(CS(=O)(=O)c3ccccc3)cc2)C1. The van der Waals surface area contributed by atoms with Gasteiger partial charge in [-0.1, -0.05) is 30.3 Å². The van der Waals surface area contributed by atoms with Crippen molar-refractivity contribution in [2.75, 3.05) is 19.3 Å². The smallest absolute Gasteiger partial charge is 0.251 e. The monoisotopic (exact) mass is 436 g/mol. The first-order valence-corrected chi connectivity index (χ1v) is 12.8. The molecule has 0 aliphatic carbocycles. The van der Waals surface area contributed by atoms with Crippen molar-refractivity contribution in [1.29, 1.82) is 0 Å². The van der Waals surface area contributed by atoms with Crippen molar-refractivity contribution in [3.05, 3.63) is 65.7 Å². The highest BCUT2D eigenvalue weighted by atomic mass is 32.2. The molecule has 1 aliphatic heterocycles. The summed E-state index contributed by atoms with van der Waals surface area (Å²) >= 11 is 0. The zero-order chi connectivity index (χ0) is 21.1. The summed E-state index contributed by atoms with van der Waals surface area (Å²) in [4.78, 5) is 12.7. The van der Waals surface area contributed by atoms with Crippen molar-refractivity contribution >= 4 is 25.8 Å². The minimum Gasteiger partial charge on any atom is -0.348 e. The van der Waals surface area contributed by atoms with E-state index >= 15 is 0 Å². The number of nitrogens with one attached hydrogen (secondary N) is 1. The summed E-state index contributed by atoms with van der Waals surface area (Å²) < 4.78 is 49.7. The van der Waals surface area contributed by atoms with E-state index in [1.54, 1.807) is 54.6 Å². The fraction of sp³-hybridized carbons (Fsp3) is 0.350. The van der Waals surface area contributed by atoms with Gasteiger partial charge in [-0.15, -0.1) is 0 Å². The number of rotatable bonds is 6. The Morgan fingerprint density at radius 3 is 2.31 bits per heavy atom. The average molecular weight is 437 g/mol. The number of carbonyl (C=O) groups excluding carboxylic acids is 1. The van der Waals surface area contributed by atoms with Gasteiger partial charge in [0.2, 0.25) is 10.0 Å². The summed E-state index contributed by atoms with van der Waals surface area (Å²) in [6, 6.07) is 14.4. The van der Waals surface area contributed by atoms with E-state index in [0.29, 0.717) is 30.5 Å². The third-order valence-corrected chi connectivity index (χ3v) is 7.84. The maximum absolute atomic E-state index is 12.5. The second-order valence-corrected chi connectivity index (χ2v) is 11.2. The molecule has 1 aliphatic rings. The molecule has 0 radical (unpaired) electrons. The molecular formula is C20H24N2O5S2. The number of carbonyl (C=O) groups is 1. The first kappa shape index (κ1) is 21.5. The molecule has 0 spiro atoms. The van der Waals surface area contributed by atoms with E-state index in [-0.39, 0.29) is 29.1 Å². The zero-order valence-electron chi connectivity index (χ0n) is 16.1. The molecule has 156 valence electrons. The number of piperidine rings is 1. The Bertz CT molecular complexity index is 1070. The Morgan fingerprint density at radius 1 is 1.03 bits per heavy atom. The molecule has 0 saturated carbocycles. The standard InChI is InChI=1S/C20H24N2O5S2/c1-28(24,25)22-13-5-6-18(14-22)21-20(23)17-11-9-16(10-12-17)15-29(26,27)19-7-3-2-4-8-19/h2-4,7-12,18H,5-6,13-15H2,1H3,(H,21,23). The fourth-order valence-corrected chi connectivity index (χ4v) is 5.59. The number of nitrogens with zero attached hydrogens (tertiary/aromatic N) is 1. The van der Waals surface area contributed by atoms with Crippen LogP contribution in [0.4, 0.5) is 0 Å². The lowest BCUT2D eigenvalue weighted by molar-refractivity contribution is 0.0921. The van der Waals surface area contributed by atoms with Crippen LogP contribution in [0.15, 0.2) is 59.5 Å². The van der Waals surface area contributed by atoms with E-state index in [0.717, 1.165) is 0 Å². The molecule has 1 atom stereocenters. The van der Waals surface area contributed by atoms with Gasteiger partial charge >= 0.3 is 0 Å².